The molecule has 0 fully saturated rings. The molecule has 5 nitrogen and oxygen atoms in total. The van der Waals surface area contributed by atoms with Crippen LogP contribution in [0.5, 0.6) is 0 Å². The number of carbonyl (C=O) groups excluding carboxylic acids is 1. The van der Waals surface area contributed by atoms with E-state index in [1.807, 2.05) is 43.3 Å². The summed E-state index contributed by atoms with van der Waals surface area (Å²) in [6.45, 7) is 2.48. The lowest BCUT2D eigenvalue weighted by Gasteiger charge is -2.06. The van der Waals surface area contributed by atoms with Gasteiger partial charge in [0.15, 0.2) is 5.96 Å². The Bertz CT molecular complexity index is 683. The molecule has 0 bridgehead atoms. The molecule has 0 saturated heterocycles. The van der Waals surface area contributed by atoms with Gasteiger partial charge in [0, 0.05) is 18.3 Å². The van der Waals surface area contributed by atoms with Crippen molar-refractivity contribution in [3.63, 3.8) is 0 Å². The summed E-state index contributed by atoms with van der Waals surface area (Å²) in [4.78, 5) is 15.7. The number of aryl methyl sites for hydroxylation is 1. The number of hydrogen-bond acceptors (Lipinski definition) is 2. The minimum absolute atomic E-state index is 0. The minimum atomic E-state index is -0.101. The minimum Gasteiger partial charge on any atom is -0.370 e. The fraction of sp³-hybridized carbons (Fsp3) is 0.176. The average Bonchev–Trinajstić information content (AvgIpc) is 2.52. The average molecular weight is 424 g/mol. The monoisotopic (exact) mass is 424 g/mol. The molecule has 2 rings (SSSR count). The van der Waals surface area contributed by atoms with Gasteiger partial charge in [0.1, 0.15) is 0 Å². The predicted molar refractivity (Wildman–Crippen MR) is 105 cm³/mol. The van der Waals surface area contributed by atoms with Crippen molar-refractivity contribution in [1.29, 1.82) is 0 Å². The third kappa shape index (κ3) is 5.90. The third-order valence-corrected chi connectivity index (χ3v) is 3.17. The van der Waals surface area contributed by atoms with Crippen LogP contribution in [0.1, 0.15) is 21.5 Å². The lowest BCUT2D eigenvalue weighted by molar-refractivity contribution is 0.0963. The van der Waals surface area contributed by atoms with Gasteiger partial charge < -0.3 is 16.4 Å². The SMILES string of the molecule is CNC(=O)c1ccc(CN=C(N)Nc2cccc(C)c2)cc1.I. The van der Waals surface area contributed by atoms with E-state index in [2.05, 4.69) is 15.6 Å². The van der Waals surface area contributed by atoms with Crippen LogP contribution in [0.25, 0.3) is 0 Å². The van der Waals surface area contributed by atoms with E-state index in [4.69, 9.17) is 5.73 Å². The van der Waals surface area contributed by atoms with Gasteiger partial charge in [-0.3, -0.25) is 4.79 Å². The molecular formula is C17H21IN4O. The molecule has 0 spiro atoms. The second kappa shape index (κ2) is 9.14. The zero-order chi connectivity index (χ0) is 15.9. The largest absolute Gasteiger partial charge is 0.370 e. The van der Waals surface area contributed by atoms with Crippen molar-refractivity contribution in [2.75, 3.05) is 12.4 Å². The van der Waals surface area contributed by atoms with E-state index in [1.54, 1.807) is 19.2 Å². The first-order chi connectivity index (χ1) is 10.6. The number of halogens is 1. The summed E-state index contributed by atoms with van der Waals surface area (Å²) in [7, 11) is 1.61. The van der Waals surface area contributed by atoms with Crippen molar-refractivity contribution in [2.24, 2.45) is 10.7 Å². The molecule has 0 aliphatic heterocycles. The van der Waals surface area contributed by atoms with Gasteiger partial charge in [-0.05, 0) is 42.3 Å². The smallest absolute Gasteiger partial charge is 0.251 e. The van der Waals surface area contributed by atoms with Crippen molar-refractivity contribution in [3.8, 4) is 0 Å². The van der Waals surface area contributed by atoms with Crippen LogP contribution in [0.4, 0.5) is 5.69 Å². The Labute approximate surface area is 153 Å². The van der Waals surface area contributed by atoms with Gasteiger partial charge in [-0.25, -0.2) is 4.99 Å². The first-order valence-electron chi connectivity index (χ1n) is 7.03. The number of nitrogens with two attached hydrogens (primary N) is 1. The molecule has 0 unspecified atom stereocenters. The summed E-state index contributed by atoms with van der Waals surface area (Å²) in [5.74, 6) is 0.261. The van der Waals surface area contributed by atoms with Crippen LogP contribution in [0.3, 0.4) is 0 Å². The fourth-order valence-corrected chi connectivity index (χ4v) is 1.99. The molecule has 6 heteroatoms. The predicted octanol–water partition coefficient (Wildman–Crippen LogP) is 2.90. The zero-order valence-electron chi connectivity index (χ0n) is 13.2. The highest BCUT2D eigenvalue weighted by Crippen LogP contribution is 2.09. The number of amides is 1. The first kappa shape index (κ1) is 19.0. The molecule has 2 aromatic rings. The van der Waals surface area contributed by atoms with E-state index in [0.29, 0.717) is 18.1 Å². The molecule has 0 heterocycles. The zero-order valence-corrected chi connectivity index (χ0v) is 15.5. The third-order valence-electron chi connectivity index (χ3n) is 3.17. The van der Waals surface area contributed by atoms with Crippen LogP contribution in [0, 0.1) is 6.92 Å². The maximum Gasteiger partial charge on any atom is 0.251 e. The molecule has 0 radical (unpaired) electrons. The number of nitrogens with one attached hydrogen (secondary N) is 2. The number of guanidine groups is 1. The van der Waals surface area contributed by atoms with E-state index in [1.165, 1.54) is 0 Å². The Morgan fingerprint density at radius 2 is 1.87 bits per heavy atom. The number of hydrogen-bond donors (Lipinski definition) is 3. The Kier molecular flexibility index (Phi) is 7.53. The Morgan fingerprint density at radius 3 is 2.48 bits per heavy atom. The molecule has 1 amide bonds. The summed E-state index contributed by atoms with van der Waals surface area (Å²) in [5.41, 5.74) is 9.56. The fourth-order valence-electron chi connectivity index (χ4n) is 1.99. The van der Waals surface area contributed by atoms with Crippen LogP contribution in [0.15, 0.2) is 53.5 Å². The summed E-state index contributed by atoms with van der Waals surface area (Å²) >= 11 is 0. The van der Waals surface area contributed by atoms with Crippen molar-refractivity contribution < 1.29 is 4.79 Å². The maximum absolute atomic E-state index is 11.5. The molecule has 0 atom stereocenters. The number of nitrogens with zero attached hydrogens (tertiary/aromatic N) is 1. The highest BCUT2D eigenvalue weighted by Gasteiger charge is 2.02. The lowest BCUT2D eigenvalue weighted by Crippen LogP contribution is -2.22. The molecule has 0 aliphatic rings. The number of aliphatic imine (C=N–C) groups is 1. The highest BCUT2D eigenvalue weighted by atomic mass is 127. The van der Waals surface area contributed by atoms with Crippen LogP contribution in [-0.4, -0.2) is 18.9 Å². The topological polar surface area (TPSA) is 79.5 Å². The molecule has 0 saturated carbocycles. The number of benzene rings is 2. The van der Waals surface area contributed by atoms with Crippen molar-refractivity contribution in [2.45, 2.75) is 13.5 Å². The Morgan fingerprint density at radius 1 is 1.17 bits per heavy atom. The van der Waals surface area contributed by atoms with Crippen LogP contribution < -0.4 is 16.4 Å². The van der Waals surface area contributed by atoms with Crippen molar-refractivity contribution >= 4 is 41.5 Å². The van der Waals surface area contributed by atoms with Gasteiger partial charge in [-0.15, -0.1) is 24.0 Å². The molecule has 0 aliphatic carbocycles. The number of carbonyl (C=O) groups is 1. The van der Waals surface area contributed by atoms with E-state index in [9.17, 15) is 4.79 Å². The molecule has 0 aromatic heterocycles. The second-order valence-corrected chi connectivity index (χ2v) is 4.97. The molecule has 4 N–H and O–H groups in total. The quantitative estimate of drug-likeness (QED) is 0.401. The Hall–Kier alpha value is -2.09. The van der Waals surface area contributed by atoms with Crippen LogP contribution >= 0.6 is 24.0 Å². The highest BCUT2D eigenvalue weighted by molar-refractivity contribution is 14.0. The van der Waals surface area contributed by atoms with Gasteiger partial charge in [-0.1, -0.05) is 24.3 Å². The second-order valence-electron chi connectivity index (χ2n) is 4.97. The van der Waals surface area contributed by atoms with Crippen molar-refractivity contribution in [1.82, 2.24) is 5.32 Å². The summed E-state index contributed by atoms with van der Waals surface area (Å²) in [6, 6.07) is 15.2. The Balaban J connectivity index is 0.00000264. The van der Waals surface area contributed by atoms with E-state index < -0.39 is 0 Å². The van der Waals surface area contributed by atoms with E-state index >= 15 is 0 Å². The molecule has 2 aromatic carbocycles. The summed E-state index contributed by atoms with van der Waals surface area (Å²) < 4.78 is 0. The van der Waals surface area contributed by atoms with E-state index in [-0.39, 0.29) is 29.9 Å². The maximum atomic E-state index is 11.5. The molecule has 122 valence electrons. The normalized spacial score (nSPS) is 10.6. The van der Waals surface area contributed by atoms with Crippen LogP contribution in [0.2, 0.25) is 0 Å². The lowest BCUT2D eigenvalue weighted by atomic mass is 10.1. The molecular weight excluding hydrogens is 403 g/mol. The van der Waals surface area contributed by atoms with Crippen molar-refractivity contribution in [3.05, 3.63) is 65.2 Å². The first-order valence-corrected chi connectivity index (χ1v) is 7.03. The van der Waals surface area contributed by atoms with Gasteiger partial charge in [-0.2, -0.15) is 0 Å². The van der Waals surface area contributed by atoms with Gasteiger partial charge in [0.2, 0.25) is 0 Å². The number of rotatable bonds is 4. The van der Waals surface area contributed by atoms with Crippen LogP contribution in [-0.2, 0) is 6.54 Å². The molecule has 23 heavy (non-hydrogen) atoms. The van der Waals surface area contributed by atoms with Gasteiger partial charge >= 0.3 is 0 Å². The number of anilines is 1. The standard InChI is InChI=1S/C17H20N4O.HI/c1-12-4-3-5-15(10-12)21-17(18)20-11-13-6-8-14(9-7-13)16(22)19-2;/h3-10H,11H2,1-2H3,(H,19,22)(H3,18,20,21);1H. The van der Waals surface area contributed by atoms with Gasteiger partial charge in [0.05, 0.1) is 6.54 Å². The summed E-state index contributed by atoms with van der Waals surface area (Å²) in [5, 5.41) is 5.64. The van der Waals surface area contributed by atoms with Gasteiger partial charge in [0.25, 0.3) is 5.91 Å². The summed E-state index contributed by atoms with van der Waals surface area (Å²) in [6.07, 6.45) is 0. The van der Waals surface area contributed by atoms with E-state index in [0.717, 1.165) is 16.8 Å².